The van der Waals surface area contributed by atoms with Crippen molar-refractivity contribution in [3.05, 3.63) is 53.5 Å². The molecule has 3 rings (SSSR count). The number of para-hydroxylation sites is 1. The highest BCUT2D eigenvalue weighted by Gasteiger charge is 2.25. The van der Waals surface area contributed by atoms with Crippen LogP contribution in [0, 0.1) is 6.92 Å². The van der Waals surface area contributed by atoms with Crippen molar-refractivity contribution in [2.45, 2.75) is 26.3 Å². The van der Waals surface area contributed by atoms with E-state index in [-0.39, 0.29) is 6.04 Å². The van der Waals surface area contributed by atoms with Crippen LogP contribution < -0.4 is 15.4 Å². The number of nitrogens with zero attached hydrogens (tertiary/aromatic N) is 2. The van der Waals surface area contributed by atoms with E-state index < -0.39 is 0 Å². The molecule has 1 saturated heterocycles. The molecule has 0 spiro atoms. The normalized spacial score (nSPS) is 16.3. The number of aliphatic imine (C=N–C) groups is 1. The van der Waals surface area contributed by atoms with Crippen LogP contribution >= 0.6 is 0 Å². The summed E-state index contributed by atoms with van der Waals surface area (Å²) in [6.07, 6.45) is 0.860. The number of nitrogens with one attached hydrogen (secondary N) is 2. The van der Waals surface area contributed by atoms with Crippen molar-refractivity contribution < 1.29 is 13.9 Å². The van der Waals surface area contributed by atoms with Crippen LogP contribution in [0.5, 0.6) is 5.75 Å². The molecule has 0 bridgehead atoms. The summed E-state index contributed by atoms with van der Waals surface area (Å²) in [7, 11) is 1.71. The van der Waals surface area contributed by atoms with E-state index in [2.05, 4.69) is 34.6 Å². The maximum atomic E-state index is 5.95. The third-order valence-electron chi connectivity index (χ3n) is 5.22. The van der Waals surface area contributed by atoms with Crippen molar-refractivity contribution in [2.24, 2.45) is 4.99 Å². The maximum absolute atomic E-state index is 5.95. The summed E-state index contributed by atoms with van der Waals surface area (Å²) < 4.78 is 16.9. The van der Waals surface area contributed by atoms with Gasteiger partial charge in [0.05, 0.1) is 32.9 Å². The Labute approximate surface area is 179 Å². The van der Waals surface area contributed by atoms with E-state index in [0.717, 1.165) is 69.0 Å². The van der Waals surface area contributed by atoms with Gasteiger partial charge in [-0.05, 0) is 44.0 Å². The van der Waals surface area contributed by atoms with E-state index in [1.807, 2.05) is 31.2 Å². The molecular weight excluding hydrogens is 380 g/mol. The smallest absolute Gasteiger partial charge is 0.191 e. The quantitative estimate of drug-likeness (QED) is 0.486. The zero-order chi connectivity index (χ0) is 21.2. The molecule has 1 aliphatic rings. The Morgan fingerprint density at radius 1 is 1.17 bits per heavy atom. The molecule has 1 unspecified atom stereocenters. The number of hydrogen-bond acceptors (Lipinski definition) is 5. The Kier molecular flexibility index (Phi) is 8.59. The van der Waals surface area contributed by atoms with Crippen molar-refractivity contribution >= 4 is 5.96 Å². The largest absolute Gasteiger partial charge is 0.496 e. The average Bonchev–Trinajstić information content (AvgIpc) is 3.21. The van der Waals surface area contributed by atoms with Crippen LogP contribution in [0.2, 0.25) is 0 Å². The van der Waals surface area contributed by atoms with Gasteiger partial charge in [0.1, 0.15) is 17.3 Å². The number of furan rings is 1. The number of hydrogen-bond donors (Lipinski definition) is 2. The lowest BCUT2D eigenvalue weighted by Gasteiger charge is -2.32. The first-order chi connectivity index (χ1) is 14.7. The summed E-state index contributed by atoms with van der Waals surface area (Å²) in [6.45, 7) is 9.52. The predicted octanol–water partition coefficient (Wildman–Crippen LogP) is 2.77. The Balaban J connectivity index is 1.64. The van der Waals surface area contributed by atoms with Crippen LogP contribution in [0.1, 0.15) is 30.0 Å². The fourth-order valence-electron chi connectivity index (χ4n) is 3.65. The predicted molar refractivity (Wildman–Crippen MR) is 119 cm³/mol. The van der Waals surface area contributed by atoms with Gasteiger partial charge < -0.3 is 24.5 Å². The van der Waals surface area contributed by atoms with Gasteiger partial charge in [-0.2, -0.15) is 0 Å². The molecule has 1 aromatic heterocycles. The van der Waals surface area contributed by atoms with E-state index in [0.29, 0.717) is 6.54 Å². The molecule has 1 fully saturated rings. The van der Waals surface area contributed by atoms with Crippen molar-refractivity contribution in [1.29, 1.82) is 0 Å². The summed E-state index contributed by atoms with van der Waals surface area (Å²) in [5, 5.41) is 6.79. The topological polar surface area (TPSA) is 71.3 Å². The van der Waals surface area contributed by atoms with E-state index >= 15 is 0 Å². The van der Waals surface area contributed by atoms with Crippen molar-refractivity contribution in [3.63, 3.8) is 0 Å². The van der Waals surface area contributed by atoms with Crippen LogP contribution in [0.4, 0.5) is 0 Å². The second kappa shape index (κ2) is 11.6. The van der Waals surface area contributed by atoms with Gasteiger partial charge in [-0.15, -0.1) is 0 Å². The molecule has 1 atom stereocenters. The molecule has 1 aliphatic heterocycles. The van der Waals surface area contributed by atoms with Crippen LogP contribution in [0.25, 0.3) is 0 Å². The lowest BCUT2D eigenvalue weighted by Crippen LogP contribution is -2.42. The van der Waals surface area contributed by atoms with Crippen molar-refractivity contribution in [2.75, 3.05) is 53.0 Å². The maximum Gasteiger partial charge on any atom is 0.191 e. The van der Waals surface area contributed by atoms with Gasteiger partial charge in [0.15, 0.2) is 5.96 Å². The van der Waals surface area contributed by atoms with Crippen LogP contribution in [0.15, 0.2) is 45.8 Å². The number of guanidine groups is 1. The molecule has 7 heteroatoms. The van der Waals surface area contributed by atoms with Crippen LogP contribution in [-0.2, 0) is 11.2 Å². The van der Waals surface area contributed by atoms with Crippen LogP contribution in [0.3, 0.4) is 0 Å². The van der Waals surface area contributed by atoms with Gasteiger partial charge in [-0.1, -0.05) is 18.2 Å². The second-order valence-corrected chi connectivity index (χ2v) is 7.32. The van der Waals surface area contributed by atoms with Crippen LogP contribution in [-0.4, -0.2) is 63.9 Å². The Bertz CT molecular complexity index is 799. The molecule has 2 heterocycles. The van der Waals surface area contributed by atoms with Gasteiger partial charge in [-0.25, -0.2) is 0 Å². The minimum absolute atomic E-state index is 0.104. The van der Waals surface area contributed by atoms with E-state index in [9.17, 15) is 0 Å². The fourth-order valence-corrected chi connectivity index (χ4v) is 3.65. The standard InChI is InChI=1S/C23H34N4O3/c1-4-24-23(25-12-11-19-7-5-6-8-21(19)28-3)26-17-20(22-10-9-18(2)30-22)27-13-15-29-16-14-27/h5-10,20H,4,11-17H2,1-3H3,(H2,24,25,26). The van der Waals surface area contributed by atoms with Gasteiger partial charge in [0.25, 0.3) is 0 Å². The molecule has 0 aliphatic carbocycles. The van der Waals surface area contributed by atoms with Gasteiger partial charge in [0.2, 0.25) is 0 Å². The molecule has 2 aromatic rings. The monoisotopic (exact) mass is 414 g/mol. The lowest BCUT2D eigenvalue weighted by molar-refractivity contribution is 0.0135. The summed E-state index contributed by atoms with van der Waals surface area (Å²) in [6, 6.07) is 12.3. The number of ether oxygens (including phenoxy) is 2. The molecule has 0 radical (unpaired) electrons. The first-order valence-corrected chi connectivity index (χ1v) is 10.7. The lowest BCUT2D eigenvalue weighted by atomic mass is 10.1. The molecule has 164 valence electrons. The molecule has 1 aromatic carbocycles. The Morgan fingerprint density at radius 2 is 1.97 bits per heavy atom. The number of rotatable bonds is 9. The average molecular weight is 415 g/mol. The third-order valence-corrected chi connectivity index (χ3v) is 5.22. The number of methoxy groups -OCH3 is 1. The van der Waals surface area contributed by atoms with Crippen molar-refractivity contribution in [1.82, 2.24) is 15.5 Å². The molecular formula is C23H34N4O3. The minimum Gasteiger partial charge on any atom is -0.496 e. The number of benzene rings is 1. The van der Waals surface area contributed by atoms with Gasteiger partial charge >= 0.3 is 0 Å². The highest BCUT2D eigenvalue weighted by Crippen LogP contribution is 2.24. The van der Waals surface area contributed by atoms with E-state index in [1.165, 1.54) is 5.56 Å². The fraction of sp³-hybridized carbons (Fsp3) is 0.522. The van der Waals surface area contributed by atoms with Crippen molar-refractivity contribution in [3.8, 4) is 5.75 Å². The Hall–Kier alpha value is -2.51. The highest BCUT2D eigenvalue weighted by molar-refractivity contribution is 5.79. The summed E-state index contributed by atoms with van der Waals surface area (Å²) in [5.74, 6) is 3.62. The summed E-state index contributed by atoms with van der Waals surface area (Å²) in [4.78, 5) is 7.26. The Morgan fingerprint density at radius 3 is 2.67 bits per heavy atom. The van der Waals surface area contributed by atoms with E-state index in [1.54, 1.807) is 7.11 Å². The SMILES string of the molecule is CCNC(=NCC(c1ccc(C)o1)N1CCOCC1)NCCc1ccccc1OC. The second-order valence-electron chi connectivity index (χ2n) is 7.32. The first kappa shape index (κ1) is 22.2. The summed E-state index contributed by atoms with van der Waals surface area (Å²) in [5.41, 5.74) is 1.18. The molecule has 0 amide bonds. The zero-order valence-electron chi connectivity index (χ0n) is 18.3. The van der Waals surface area contributed by atoms with Gasteiger partial charge in [-0.3, -0.25) is 9.89 Å². The highest BCUT2D eigenvalue weighted by atomic mass is 16.5. The summed E-state index contributed by atoms with van der Waals surface area (Å²) >= 11 is 0. The molecule has 0 saturated carbocycles. The molecule has 7 nitrogen and oxygen atoms in total. The number of morpholine rings is 1. The zero-order valence-corrected chi connectivity index (χ0v) is 18.3. The minimum atomic E-state index is 0.104. The molecule has 30 heavy (non-hydrogen) atoms. The first-order valence-electron chi connectivity index (χ1n) is 10.7. The number of aryl methyl sites for hydroxylation is 1. The van der Waals surface area contributed by atoms with Gasteiger partial charge in [0, 0.05) is 26.2 Å². The molecule has 2 N–H and O–H groups in total. The van der Waals surface area contributed by atoms with E-state index in [4.69, 9.17) is 18.9 Å². The third kappa shape index (κ3) is 6.24.